The van der Waals surface area contributed by atoms with E-state index in [2.05, 4.69) is 5.32 Å². The minimum absolute atomic E-state index is 0.168. The Morgan fingerprint density at radius 3 is 2.58 bits per heavy atom. The van der Waals surface area contributed by atoms with Crippen molar-refractivity contribution in [3.63, 3.8) is 0 Å². The van der Waals surface area contributed by atoms with E-state index < -0.39 is 6.17 Å². The van der Waals surface area contributed by atoms with E-state index in [1.54, 1.807) is 36.3 Å². The number of carbonyl (C=O) groups is 1. The molecule has 0 aliphatic carbocycles. The van der Waals surface area contributed by atoms with Gasteiger partial charge in [0.25, 0.3) is 5.91 Å². The van der Waals surface area contributed by atoms with E-state index in [9.17, 15) is 9.18 Å². The number of fused-ring (bicyclic) bond motifs is 1. The molecule has 0 bridgehead atoms. The summed E-state index contributed by atoms with van der Waals surface area (Å²) in [6.45, 7) is 0. The number of nitrogens with one attached hydrogen (secondary N) is 1. The van der Waals surface area contributed by atoms with Gasteiger partial charge in [-0.25, -0.2) is 4.39 Å². The highest BCUT2D eigenvalue weighted by Gasteiger charge is 2.35. The summed E-state index contributed by atoms with van der Waals surface area (Å²) in [7, 11) is 1.56. The zero-order chi connectivity index (χ0) is 18.1. The molecule has 0 unspecified atom stereocenters. The lowest BCUT2D eigenvalue weighted by atomic mass is 10.0. The second kappa shape index (κ2) is 6.52. The van der Waals surface area contributed by atoms with Gasteiger partial charge in [-0.3, -0.25) is 9.69 Å². The number of nitrogens with zero attached hydrogens (tertiary/aromatic N) is 1. The van der Waals surface area contributed by atoms with Gasteiger partial charge >= 0.3 is 0 Å². The van der Waals surface area contributed by atoms with Crippen molar-refractivity contribution in [2.24, 2.45) is 0 Å². The molecular weight excluding hydrogens is 331 g/mol. The van der Waals surface area contributed by atoms with Gasteiger partial charge in [0.15, 0.2) is 0 Å². The van der Waals surface area contributed by atoms with E-state index in [-0.39, 0.29) is 11.7 Å². The van der Waals surface area contributed by atoms with Gasteiger partial charge in [0.2, 0.25) is 0 Å². The number of hydrogen-bond acceptors (Lipinski definition) is 3. The van der Waals surface area contributed by atoms with Crippen LogP contribution in [0.4, 0.5) is 15.8 Å². The minimum atomic E-state index is -0.551. The third kappa shape index (κ3) is 2.67. The number of anilines is 2. The molecule has 4 rings (SSSR count). The van der Waals surface area contributed by atoms with E-state index in [0.29, 0.717) is 22.6 Å². The molecule has 5 heteroatoms. The maximum absolute atomic E-state index is 13.8. The highest BCUT2D eigenvalue weighted by atomic mass is 19.1. The topological polar surface area (TPSA) is 41.6 Å². The second-order valence-electron chi connectivity index (χ2n) is 5.99. The lowest BCUT2D eigenvalue weighted by Crippen LogP contribution is -2.43. The van der Waals surface area contributed by atoms with Crippen molar-refractivity contribution in [1.29, 1.82) is 0 Å². The maximum atomic E-state index is 13.8. The van der Waals surface area contributed by atoms with E-state index in [4.69, 9.17) is 4.74 Å². The van der Waals surface area contributed by atoms with E-state index in [0.717, 1.165) is 5.69 Å². The Morgan fingerprint density at radius 1 is 1.00 bits per heavy atom. The average molecular weight is 348 g/mol. The van der Waals surface area contributed by atoms with Crippen LogP contribution in [0.5, 0.6) is 5.75 Å². The summed E-state index contributed by atoms with van der Waals surface area (Å²) in [5.41, 5.74) is 2.55. The van der Waals surface area contributed by atoms with Crippen LogP contribution in [0.3, 0.4) is 0 Å². The number of halogens is 1. The molecule has 130 valence electrons. The van der Waals surface area contributed by atoms with Gasteiger partial charge in [0, 0.05) is 5.69 Å². The van der Waals surface area contributed by atoms with Gasteiger partial charge in [-0.15, -0.1) is 0 Å². The van der Waals surface area contributed by atoms with Crippen molar-refractivity contribution in [3.8, 4) is 5.75 Å². The van der Waals surface area contributed by atoms with Crippen LogP contribution < -0.4 is 15.0 Å². The molecule has 1 aliphatic heterocycles. The summed E-state index contributed by atoms with van der Waals surface area (Å²) in [5.74, 6) is 0.0529. The number of amides is 1. The number of hydrogen-bond donors (Lipinski definition) is 1. The normalized spacial score (nSPS) is 16.0. The molecule has 3 aromatic rings. The Hall–Kier alpha value is -3.34. The van der Waals surface area contributed by atoms with Crippen LogP contribution in [0.2, 0.25) is 0 Å². The van der Waals surface area contributed by atoms with Crippen molar-refractivity contribution in [2.75, 3.05) is 17.3 Å². The summed E-state index contributed by atoms with van der Waals surface area (Å²) in [6.07, 6.45) is -0.551. The Morgan fingerprint density at radius 2 is 1.77 bits per heavy atom. The lowest BCUT2D eigenvalue weighted by Gasteiger charge is -2.38. The van der Waals surface area contributed by atoms with Crippen LogP contribution in [-0.2, 0) is 0 Å². The molecule has 0 radical (unpaired) electrons. The largest absolute Gasteiger partial charge is 0.495 e. The fraction of sp³-hybridized carbons (Fsp3) is 0.0952. The predicted molar refractivity (Wildman–Crippen MR) is 99.0 cm³/mol. The molecule has 4 nitrogen and oxygen atoms in total. The molecule has 0 aromatic heterocycles. The van der Waals surface area contributed by atoms with Crippen LogP contribution in [0, 0.1) is 5.82 Å². The fourth-order valence-corrected chi connectivity index (χ4v) is 3.24. The molecule has 1 heterocycles. The minimum Gasteiger partial charge on any atom is -0.495 e. The van der Waals surface area contributed by atoms with Gasteiger partial charge in [-0.2, -0.15) is 0 Å². The number of carbonyl (C=O) groups excluding carboxylic acids is 1. The highest BCUT2D eigenvalue weighted by molar-refractivity contribution is 6.12. The zero-order valence-corrected chi connectivity index (χ0v) is 14.1. The van der Waals surface area contributed by atoms with Crippen molar-refractivity contribution in [2.45, 2.75) is 6.17 Å². The smallest absolute Gasteiger partial charge is 0.262 e. The summed E-state index contributed by atoms with van der Waals surface area (Å²) in [5, 5.41) is 3.35. The summed E-state index contributed by atoms with van der Waals surface area (Å²) < 4.78 is 19.3. The Kier molecular flexibility index (Phi) is 4.05. The third-order valence-corrected chi connectivity index (χ3v) is 4.44. The van der Waals surface area contributed by atoms with Gasteiger partial charge < -0.3 is 10.1 Å². The first-order valence-electron chi connectivity index (χ1n) is 8.26. The van der Waals surface area contributed by atoms with E-state index in [1.807, 2.05) is 36.4 Å². The van der Waals surface area contributed by atoms with Gasteiger partial charge in [0.05, 0.1) is 18.4 Å². The molecule has 1 atom stereocenters. The average Bonchev–Trinajstić information content (AvgIpc) is 2.68. The van der Waals surface area contributed by atoms with Crippen LogP contribution in [-0.4, -0.2) is 13.0 Å². The van der Waals surface area contributed by atoms with Crippen LogP contribution in [0.15, 0.2) is 72.8 Å². The van der Waals surface area contributed by atoms with Gasteiger partial charge in [0.1, 0.15) is 17.7 Å². The lowest BCUT2D eigenvalue weighted by molar-refractivity contribution is 0.0974. The standard InChI is InChI=1S/C21H17FN2O2/c1-26-19-12-5-4-11-18(19)24-20(14-7-6-8-15(22)13-14)23-17-10-3-2-9-16(17)21(24)25/h2-13,20,23H,1H3/t20-/m0/s1. The van der Waals surface area contributed by atoms with E-state index >= 15 is 0 Å². The number of para-hydroxylation sites is 3. The molecule has 1 amide bonds. The fourth-order valence-electron chi connectivity index (χ4n) is 3.24. The molecule has 26 heavy (non-hydrogen) atoms. The number of methoxy groups -OCH3 is 1. The van der Waals surface area contributed by atoms with Crippen LogP contribution in [0.1, 0.15) is 22.1 Å². The van der Waals surface area contributed by atoms with Crippen LogP contribution in [0.25, 0.3) is 0 Å². The van der Waals surface area contributed by atoms with E-state index in [1.165, 1.54) is 12.1 Å². The first kappa shape index (κ1) is 16.1. The first-order valence-corrected chi connectivity index (χ1v) is 8.26. The zero-order valence-electron chi connectivity index (χ0n) is 14.1. The predicted octanol–water partition coefficient (Wildman–Crippen LogP) is 4.61. The molecule has 0 saturated carbocycles. The molecular formula is C21H17FN2O2. The summed E-state index contributed by atoms with van der Waals surface area (Å²) in [4.78, 5) is 14.9. The first-order chi connectivity index (χ1) is 12.7. The van der Waals surface area contributed by atoms with Crippen molar-refractivity contribution in [1.82, 2.24) is 0 Å². The molecule has 0 spiro atoms. The number of benzene rings is 3. The Labute approximate surface area is 150 Å². The quantitative estimate of drug-likeness (QED) is 0.752. The van der Waals surface area contributed by atoms with Crippen molar-refractivity contribution >= 4 is 17.3 Å². The van der Waals surface area contributed by atoms with Crippen LogP contribution >= 0.6 is 0 Å². The molecule has 1 N–H and O–H groups in total. The number of ether oxygens (including phenoxy) is 1. The Bertz CT molecular complexity index is 973. The third-order valence-electron chi connectivity index (χ3n) is 4.44. The monoisotopic (exact) mass is 348 g/mol. The SMILES string of the molecule is COc1ccccc1N1C(=O)c2ccccc2N[C@@H]1c1cccc(F)c1. The summed E-state index contributed by atoms with van der Waals surface area (Å²) >= 11 is 0. The number of rotatable bonds is 3. The second-order valence-corrected chi connectivity index (χ2v) is 5.99. The van der Waals surface area contributed by atoms with Crippen molar-refractivity contribution in [3.05, 3.63) is 89.7 Å². The highest BCUT2D eigenvalue weighted by Crippen LogP contribution is 2.40. The van der Waals surface area contributed by atoms with Gasteiger partial charge in [-0.05, 0) is 42.0 Å². The molecule has 0 fully saturated rings. The van der Waals surface area contributed by atoms with Gasteiger partial charge in [-0.1, -0.05) is 36.4 Å². The maximum Gasteiger partial charge on any atom is 0.262 e. The molecule has 1 aliphatic rings. The van der Waals surface area contributed by atoms with Crippen molar-refractivity contribution < 1.29 is 13.9 Å². The molecule has 0 saturated heterocycles. The summed E-state index contributed by atoms with van der Waals surface area (Å²) in [6, 6.07) is 20.8. The Balaban J connectivity index is 1.91. The molecule has 3 aromatic carbocycles.